The van der Waals surface area contributed by atoms with Crippen LogP contribution in [0.15, 0.2) is 48.8 Å². The van der Waals surface area contributed by atoms with Gasteiger partial charge in [-0.05, 0) is 31.4 Å². The molecule has 1 aromatic carbocycles. The molecular formula is C26H29ClN3O7+. The fraction of sp³-hybridized carbons (Fsp3) is 0.423. The Morgan fingerprint density at radius 1 is 1.22 bits per heavy atom. The average molecular weight is 531 g/mol. The van der Waals surface area contributed by atoms with Crippen LogP contribution in [0.3, 0.4) is 0 Å². The number of carboxylic acid groups (broad SMARTS) is 1. The summed E-state index contributed by atoms with van der Waals surface area (Å²) in [6.07, 6.45) is 3.58. The molecule has 0 radical (unpaired) electrons. The predicted octanol–water partition coefficient (Wildman–Crippen LogP) is 2.35. The van der Waals surface area contributed by atoms with Crippen LogP contribution in [0.25, 0.3) is 0 Å². The van der Waals surface area contributed by atoms with E-state index < -0.39 is 35.7 Å². The number of aliphatic carboxylic acids is 1. The first-order valence-corrected chi connectivity index (χ1v) is 12.4. The number of carboxylic acids is 1. The number of rotatable bonds is 6. The number of ether oxygens (including phenoxy) is 1. The second-order valence-corrected chi connectivity index (χ2v) is 9.78. The summed E-state index contributed by atoms with van der Waals surface area (Å²) >= 11 is 6.45. The quantitative estimate of drug-likeness (QED) is 0.548. The first-order valence-electron chi connectivity index (χ1n) is 12.0. The number of hydrogen-bond acceptors (Lipinski definition) is 6. The molecule has 3 atom stereocenters. The monoisotopic (exact) mass is 530 g/mol. The van der Waals surface area contributed by atoms with Crippen LogP contribution in [0.1, 0.15) is 48.0 Å². The Bertz CT molecular complexity index is 1220. The number of nitrogens with zero attached hydrogens (tertiary/aromatic N) is 3. The summed E-state index contributed by atoms with van der Waals surface area (Å²) in [6, 6.07) is 8.95. The van der Waals surface area contributed by atoms with E-state index >= 15 is 0 Å². The lowest BCUT2D eigenvalue weighted by molar-refractivity contribution is -0.727. The molecular weight excluding hydrogens is 502 g/mol. The summed E-state index contributed by atoms with van der Waals surface area (Å²) in [4.78, 5) is 53.2. The van der Waals surface area contributed by atoms with E-state index in [0.717, 1.165) is 17.7 Å². The Morgan fingerprint density at radius 3 is 2.68 bits per heavy atom. The Labute approximate surface area is 219 Å². The van der Waals surface area contributed by atoms with Gasteiger partial charge in [-0.15, -0.1) is 0 Å². The number of benzene rings is 1. The van der Waals surface area contributed by atoms with Gasteiger partial charge in [-0.25, -0.2) is 9.59 Å². The van der Waals surface area contributed by atoms with Crippen LogP contribution in [0, 0.1) is 0 Å². The molecule has 2 amide bonds. The third-order valence-corrected chi connectivity index (χ3v) is 7.42. The topological polar surface area (TPSA) is 128 Å². The smallest absolute Gasteiger partial charge is 0.415 e. The van der Waals surface area contributed by atoms with E-state index in [1.165, 1.54) is 28.8 Å². The maximum atomic E-state index is 13.2. The van der Waals surface area contributed by atoms with Gasteiger partial charge in [-0.1, -0.05) is 29.8 Å². The minimum atomic E-state index is -1.24. The predicted molar refractivity (Wildman–Crippen MR) is 131 cm³/mol. The number of pyridine rings is 1. The highest BCUT2D eigenvalue weighted by molar-refractivity contribution is 6.31. The van der Waals surface area contributed by atoms with E-state index in [4.69, 9.17) is 16.3 Å². The fourth-order valence-electron chi connectivity index (χ4n) is 5.18. The molecule has 1 saturated heterocycles. The lowest BCUT2D eigenvalue weighted by Crippen LogP contribution is -2.55. The van der Waals surface area contributed by atoms with Crippen molar-refractivity contribution in [1.82, 2.24) is 9.80 Å². The zero-order valence-corrected chi connectivity index (χ0v) is 21.1. The van der Waals surface area contributed by atoms with Crippen LogP contribution in [0.5, 0.6) is 0 Å². The third kappa shape index (κ3) is 5.17. The van der Waals surface area contributed by atoms with Gasteiger partial charge in [0, 0.05) is 43.1 Å². The molecule has 2 N–H and O–H groups in total. The molecule has 2 heterocycles. The molecule has 1 saturated carbocycles. The Kier molecular flexibility index (Phi) is 7.79. The summed E-state index contributed by atoms with van der Waals surface area (Å²) in [7, 11) is 1.52. The highest BCUT2D eigenvalue weighted by Crippen LogP contribution is 2.42. The number of β-amino-alcohol motifs (C(OH)–C–C–N with tert-alkyl or cyclic N) is 1. The molecule has 1 aliphatic carbocycles. The highest BCUT2D eigenvalue weighted by Gasteiger charge is 2.48. The van der Waals surface area contributed by atoms with Crippen molar-refractivity contribution in [1.29, 1.82) is 0 Å². The molecule has 37 heavy (non-hydrogen) atoms. The molecule has 11 heteroatoms. The number of carbonyl (C=O) groups is 4. The minimum absolute atomic E-state index is 0.0379. The Hall–Kier alpha value is -3.50. The average Bonchev–Trinajstić information content (AvgIpc) is 3.29. The normalized spacial score (nSPS) is 23.5. The number of likely N-dealkylation sites (tertiary alicyclic amines) is 1. The number of halogens is 1. The minimum Gasteiger partial charge on any atom is -0.480 e. The second kappa shape index (κ2) is 10.9. The molecule has 4 rings (SSSR count). The second-order valence-electron chi connectivity index (χ2n) is 9.38. The lowest BCUT2D eigenvalue weighted by atomic mass is 9.74. The van der Waals surface area contributed by atoms with Crippen molar-refractivity contribution < 1.29 is 38.7 Å². The van der Waals surface area contributed by atoms with Gasteiger partial charge in [-0.2, -0.15) is 4.57 Å². The van der Waals surface area contributed by atoms with Gasteiger partial charge < -0.3 is 19.8 Å². The van der Waals surface area contributed by atoms with E-state index in [0.29, 0.717) is 23.4 Å². The first kappa shape index (κ1) is 26.6. The van der Waals surface area contributed by atoms with E-state index in [1.54, 1.807) is 36.5 Å². The zero-order valence-electron chi connectivity index (χ0n) is 20.4. The van der Waals surface area contributed by atoms with Crippen LogP contribution in [0.2, 0.25) is 5.02 Å². The largest absolute Gasteiger partial charge is 0.480 e. The van der Waals surface area contributed by atoms with Gasteiger partial charge in [0.2, 0.25) is 0 Å². The van der Waals surface area contributed by atoms with Crippen LogP contribution >= 0.6 is 11.6 Å². The number of aliphatic hydroxyl groups excluding tert-OH is 1. The summed E-state index contributed by atoms with van der Waals surface area (Å²) in [5, 5.41) is 19.6. The van der Waals surface area contributed by atoms with E-state index in [9.17, 15) is 29.4 Å². The summed E-state index contributed by atoms with van der Waals surface area (Å²) < 4.78 is 6.97. The number of ketones is 1. The number of aliphatic hydroxyl groups is 1. The van der Waals surface area contributed by atoms with Crippen LogP contribution in [-0.4, -0.2) is 69.5 Å². The third-order valence-electron chi connectivity index (χ3n) is 7.09. The molecule has 2 fully saturated rings. The van der Waals surface area contributed by atoms with Crippen molar-refractivity contribution in [3.05, 3.63) is 64.9 Å². The molecule has 10 nitrogen and oxygen atoms in total. The van der Waals surface area contributed by atoms with E-state index in [2.05, 4.69) is 0 Å². The van der Waals surface area contributed by atoms with E-state index in [1.807, 2.05) is 0 Å². The van der Waals surface area contributed by atoms with Gasteiger partial charge in [0.15, 0.2) is 18.2 Å². The van der Waals surface area contributed by atoms with E-state index in [-0.39, 0.29) is 31.0 Å². The molecule has 2 aliphatic rings. The maximum Gasteiger partial charge on any atom is 0.415 e. The van der Waals surface area contributed by atoms with Gasteiger partial charge in [-0.3, -0.25) is 14.5 Å². The highest BCUT2D eigenvalue weighted by atomic mass is 35.5. The molecule has 1 unspecified atom stereocenters. The lowest BCUT2D eigenvalue weighted by Gasteiger charge is -2.43. The first-order chi connectivity index (χ1) is 17.6. The van der Waals surface area contributed by atoms with Gasteiger partial charge in [0.05, 0.1) is 6.10 Å². The SMILES string of the molecule is CN(C(=O)OC[n+]1cccc(C(=O)N2C[C@H](O)C[C@H]2C(=O)O)c1)C1(c2ccccc2Cl)CCCCC1=O. The van der Waals surface area contributed by atoms with Gasteiger partial charge in [0.1, 0.15) is 17.1 Å². The molecule has 2 aromatic rings. The Balaban J connectivity index is 1.50. The standard InChI is InChI=1S/C26H28ClN3O7/c1-28(26(11-5-4-10-22(26)32)19-8-2-3-9-20(19)27)25(36)37-16-29-12-6-7-17(14-29)23(33)30-15-18(31)13-21(30)24(34)35/h2-3,6-9,12,14,18,21,31H,4-5,10-11,13,15-16H2,1H3/p+1/t18-,21+,26?/m1/s1. The zero-order chi connectivity index (χ0) is 26.7. The summed E-state index contributed by atoms with van der Waals surface area (Å²) in [5.74, 6) is -1.84. The fourth-order valence-corrected chi connectivity index (χ4v) is 5.47. The number of Topliss-reactive ketones (excluding diaryl/α,β-unsaturated/α-hetero) is 1. The number of carbonyl (C=O) groups excluding carboxylic acids is 3. The molecule has 1 aromatic heterocycles. The summed E-state index contributed by atoms with van der Waals surface area (Å²) in [5.41, 5.74) is -0.498. The van der Waals surface area contributed by atoms with Crippen LogP contribution in [0.4, 0.5) is 4.79 Å². The number of aromatic nitrogens is 1. The maximum absolute atomic E-state index is 13.2. The molecule has 196 valence electrons. The van der Waals surface area contributed by atoms with Crippen molar-refractivity contribution in [2.24, 2.45) is 0 Å². The number of likely N-dealkylation sites (N-methyl/N-ethyl adjacent to an activating group) is 1. The molecule has 0 spiro atoms. The van der Waals surface area contributed by atoms with Gasteiger partial charge in [0.25, 0.3) is 12.6 Å². The van der Waals surface area contributed by atoms with Crippen LogP contribution < -0.4 is 4.57 Å². The Morgan fingerprint density at radius 2 is 1.97 bits per heavy atom. The van der Waals surface area contributed by atoms with Gasteiger partial charge >= 0.3 is 12.1 Å². The summed E-state index contributed by atoms with van der Waals surface area (Å²) in [6.45, 7) is -0.329. The van der Waals surface area contributed by atoms with Crippen molar-refractivity contribution in [2.75, 3.05) is 13.6 Å². The molecule has 0 bridgehead atoms. The van der Waals surface area contributed by atoms with Crippen LogP contribution in [-0.2, 0) is 26.6 Å². The molecule has 1 aliphatic heterocycles. The number of amides is 2. The van der Waals surface area contributed by atoms with Crippen molar-refractivity contribution in [3.63, 3.8) is 0 Å². The number of hydrogen-bond donors (Lipinski definition) is 2. The van der Waals surface area contributed by atoms with Crippen molar-refractivity contribution in [3.8, 4) is 0 Å². The van der Waals surface area contributed by atoms with Crippen molar-refractivity contribution >= 4 is 35.4 Å². The van der Waals surface area contributed by atoms with Crippen molar-refractivity contribution in [2.45, 2.75) is 56.5 Å².